The van der Waals surface area contributed by atoms with Gasteiger partial charge in [0.25, 0.3) is 0 Å². The van der Waals surface area contributed by atoms with Gasteiger partial charge in [-0.15, -0.1) is 34.2 Å². The van der Waals surface area contributed by atoms with Crippen LogP contribution in [0.3, 0.4) is 0 Å². The Balaban J connectivity index is 0.00000272. The second-order valence-electron chi connectivity index (χ2n) is 7.47. The Morgan fingerprint density at radius 1 is 1.16 bits per heavy atom. The minimum atomic E-state index is 0. The lowest BCUT2D eigenvalue weighted by atomic mass is 9.89. The van der Waals surface area contributed by atoms with Crippen molar-refractivity contribution in [2.45, 2.75) is 45.3 Å². The quantitative estimate of drug-likeness (QED) is 0.199. The molecule has 0 aliphatic heterocycles. The number of benzene rings is 1. The number of nitrogens with one attached hydrogen (secondary N) is 2. The standard InChI is InChI=1S/C23H30N6O.HI/c1-2-24-23(26-17-22-28-27-21-13-5-6-15-29(21)22)25-14-8-16-30-20-12-7-10-18-9-3-4-11-19(18)20;/h3-6,9,11,13,15,20H,2,7-8,10,12,14,16-17H2,1H3,(H2,24,25,26);1H. The molecule has 2 aromatic heterocycles. The SMILES string of the molecule is CCNC(=NCc1nnc2ccccn12)NCCCOC1CCCc2ccccc21.I. The van der Waals surface area contributed by atoms with Crippen molar-refractivity contribution < 1.29 is 4.74 Å². The molecular weight excluding hydrogens is 503 g/mol. The van der Waals surface area contributed by atoms with Gasteiger partial charge in [-0.05, 0) is 55.9 Å². The summed E-state index contributed by atoms with van der Waals surface area (Å²) in [5.41, 5.74) is 3.64. The highest BCUT2D eigenvalue weighted by atomic mass is 127. The first kappa shape index (κ1) is 23.5. The highest BCUT2D eigenvalue weighted by Crippen LogP contribution is 2.32. The van der Waals surface area contributed by atoms with Crippen molar-refractivity contribution in [3.05, 3.63) is 65.6 Å². The summed E-state index contributed by atoms with van der Waals surface area (Å²) in [5.74, 6) is 1.61. The zero-order valence-electron chi connectivity index (χ0n) is 18.0. The van der Waals surface area contributed by atoms with E-state index < -0.39 is 0 Å². The highest BCUT2D eigenvalue weighted by molar-refractivity contribution is 14.0. The van der Waals surface area contributed by atoms with E-state index in [1.54, 1.807) is 0 Å². The number of aliphatic imine (C=N–C) groups is 1. The minimum absolute atomic E-state index is 0. The summed E-state index contributed by atoms with van der Waals surface area (Å²) in [7, 11) is 0. The van der Waals surface area contributed by atoms with Gasteiger partial charge in [0.1, 0.15) is 6.54 Å². The van der Waals surface area contributed by atoms with E-state index in [1.165, 1.54) is 24.0 Å². The van der Waals surface area contributed by atoms with E-state index in [0.717, 1.165) is 50.0 Å². The number of guanidine groups is 1. The smallest absolute Gasteiger partial charge is 0.191 e. The maximum absolute atomic E-state index is 6.20. The molecule has 7 nitrogen and oxygen atoms in total. The second kappa shape index (κ2) is 12.0. The Morgan fingerprint density at radius 3 is 2.94 bits per heavy atom. The van der Waals surface area contributed by atoms with Gasteiger partial charge in [0.15, 0.2) is 17.4 Å². The number of nitrogens with zero attached hydrogens (tertiary/aromatic N) is 4. The van der Waals surface area contributed by atoms with Crippen molar-refractivity contribution in [2.75, 3.05) is 19.7 Å². The number of fused-ring (bicyclic) bond motifs is 2. The predicted molar refractivity (Wildman–Crippen MR) is 134 cm³/mol. The number of halogens is 1. The van der Waals surface area contributed by atoms with Crippen LogP contribution in [0.1, 0.15) is 49.2 Å². The molecule has 3 aromatic rings. The molecule has 1 aliphatic carbocycles. The van der Waals surface area contributed by atoms with Crippen LogP contribution in [0.4, 0.5) is 0 Å². The lowest BCUT2D eigenvalue weighted by molar-refractivity contribution is 0.0398. The van der Waals surface area contributed by atoms with Crippen molar-refractivity contribution in [3.63, 3.8) is 0 Å². The molecule has 0 saturated heterocycles. The van der Waals surface area contributed by atoms with Crippen LogP contribution < -0.4 is 10.6 Å². The van der Waals surface area contributed by atoms with Crippen LogP contribution in [0.25, 0.3) is 5.65 Å². The number of ether oxygens (including phenoxy) is 1. The molecule has 1 atom stereocenters. The predicted octanol–water partition coefficient (Wildman–Crippen LogP) is 3.89. The number of aromatic nitrogens is 3. The largest absolute Gasteiger partial charge is 0.373 e. The van der Waals surface area contributed by atoms with E-state index in [0.29, 0.717) is 6.54 Å². The number of rotatable bonds is 8. The monoisotopic (exact) mass is 534 g/mol. The lowest BCUT2D eigenvalue weighted by Crippen LogP contribution is -2.38. The summed E-state index contributed by atoms with van der Waals surface area (Å²) in [5, 5.41) is 15.1. The van der Waals surface area contributed by atoms with Crippen LogP contribution in [0.15, 0.2) is 53.7 Å². The van der Waals surface area contributed by atoms with Crippen LogP contribution in [0.2, 0.25) is 0 Å². The molecule has 1 unspecified atom stereocenters. The molecule has 1 aliphatic rings. The van der Waals surface area contributed by atoms with E-state index in [1.807, 2.05) is 28.8 Å². The van der Waals surface area contributed by atoms with E-state index in [-0.39, 0.29) is 30.1 Å². The van der Waals surface area contributed by atoms with Gasteiger partial charge in [0.2, 0.25) is 0 Å². The maximum atomic E-state index is 6.20. The van der Waals surface area contributed by atoms with Gasteiger partial charge in [-0.2, -0.15) is 0 Å². The number of aryl methyl sites for hydroxylation is 1. The third kappa shape index (κ3) is 6.16. The maximum Gasteiger partial charge on any atom is 0.191 e. The molecule has 0 amide bonds. The van der Waals surface area contributed by atoms with Gasteiger partial charge in [0, 0.05) is 25.9 Å². The third-order valence-electron chi connectivity index (χ3n) is 5.35. The molecule has 166 valence electrons. The first-order chi connectivity index (χ1) is 14.8. The molecule has 0 spiro atoms. The fraction of sp³-hybridized carbons (Fsp3) is 0.435. The Labute approximate surface area is 200 Å². The zero-order chi connectivity index (χ0) is 20.6. The number of hydrogen-bond acceptors (Lipinski definition) is 4. The number of pyridine rings is 1. The molecule has 2 N–H and O–H groups in total. The third-order valence-corrected chi connectivity index (χ3v) is 5.35. The molecule has 1 aromatic carbocycles. The Morgan fingerprint density at radius 2 is 2.03 bits per heavy atom. The Kier molecular flexibility index (Phi) is 9.08. The van der Waals surface area contributed by atoms with Crippen LogP contribution in [0.5, 0.6) is 0 Å². The normalized spacial score (nSPS) is 15.9. The lowest BCUT2D eigenvalue weighted by Gasteiger charge is -2.25. The molecule has 2 heterocycles. The van der Waals surface area contributed by atoms with Gasteiger partial charge in [-0.25, -0.2) is 4.99 Å². The van der Waals surface area contributed by atoms with Gasteiger partial charge < -0.3 is 15.4 Å². The van der Waals surface area contributed by atoms with E-state index in [2.05, 4.69) is 57.0 Å². The van der Waals surface area contributed by atoms with Crippen molar-refractivity contribution in [1.29, 1.82) is 0 Å². The first-order valence-electron chi connectivity index (χ1n) is 10.9. The van der Waals surface area contributed by atoms with Gasteiger partial charge >= 0.3 is 0 Å². The molecule has 0 bridgehead atoms. The highest BCUT2D eigenvalue weighted by Gasteiger charge is 2.19. The van der Waals surface area contributed by atoms with Gasteiger partial charge in [-0.1, -0.05) is 30.3 Å². The summed E-state index contributed by atoms with van der Waals surface area (Å²) in [6, 6.07) is 14.5. The van der Waals surface area contributed by atoms with Gasteiger partial charge in [-0.3, -0.25) is 4.40 Å². The molecule has 0 fully saturated rings. The molecule has 4 rings (SSSR count). The first-order valence-corrected chi connectivity index (χ1v) is 10.9. The van der Waals surface area contributed by atoms with Crippen LogP contribution >= 0.6 is 24.0 Å². The van der Waals surface area contributed by atoms with Gasteiger partial charge in [0.05, 0.1) is 6.10 Å². The second-order valence-corrected chi connectivity index (χ2v) is 7.47. The average molecular weight is 534 g/mol. The summed E-state index contributed by atoms with van der Waals surface area (Å²) >= 11 is 0. The molecular formula is C23H31IN6O. The van der Waals surface area contributed by atoms with E-state index in [4.69, 9.17) is 4.74 Å². The molecule has 0 radical (unpaired) electrons. The number of hydrogen-bond donors (Lipinski definition) is 2. The van der Waals surface area contributed by atoms with Crippen LogP contribution in [-0.4, -0.2) is 40.3 Å². The Bertz CT molecular complexity index is 989. The Hall–Kier alpha value is -2.20. The molecule has 31 heavy (non-hydrogen) atoms. The summed E-state index contributed by atoms with van der Waals surface area (Å²) in [6.45, 7) is 4.88. The zero-order valence-corrected chi connectivity index (χ0v) is 20.3. The fourth-order valence-electron chi connectivity index (χ4n) is 3.88. The van der Waals surface area contributed by atoms with Crippen molar-refractivity contribution in [2.24, 2.45) is 4.99 Å². The topological polar surface area (TPSA) is 75.8 Å². The summed E-state index contributed by atoms with van der Waals surface area (Å²) < 4.78 is 8.16. The van der Waals surface area contributed by atoms with Crippen molar-refractivity contribution in [1.82, 2.24) is 25.2 Å². The van der Waals surface area contributed by atoms with E-state index in [9.17, 15) is 0 Å². The molecule has 8 heteroatoms. The van der Waals surface area contributed by atoms with Crippen molar-refractivity contribution in [3.8, 4) is 0 Å². The minimum Gasteiger partial charge on any atom is -0.373 e. The van der Waals surface area contributed by atoms with Crippen LogP contribution in [-0.2, 0) is 17.7 Å². The molecule has 0 saturated carbocycles. The fourth-order valence-corrected chi connectivity index (χ4v) is 3.88. The summed E-state index contributed by atoms with van der Waals surface area (Å²) in [6.07, 6.45) is 6.60. The summed E-state index contributed by atoms with van der Waals surface area (Å²) in [4.78, 5) is 4.65. The average Bonchev–Trinajstić information content (AvgIpc) is 3.20. The van der Waals surface area contributed by atoms with Crippen molar-refractivity contribution >= 4 is 35.6 Å². The van der Waals surface area contributed by atoms with Crippen LogP contribution in [0, 0.1) is 0 Å². The van der Waals surface area contributed by atoms with E-state index >= 15 is 0 Å².